The highest BCUT2D eigenvalue weighted by Crippen LogP contribution is 2.16. The van der Waals surface area contributed by atoms with Crippen LogP contribution >= 0.6 is 12.2 Å². The zero-order chi connectivity index (χ0) is 25.2. The minimum Gasteiger partial charge on any atom is -0.296 e. The molecule has 2 heterocycles. The van der Waals surface area contributed by atoms with Crippen LogP contribution in [-0.2, 0) is 0 Å². The number of aromatic nitrogens is 3. The van der Waals surface area contributed by atoms with Crippen LogP contribution in [0.15, 0.2) is 87.4 Å². The Kier molecular flexibility index (Phi) is 6.19. The molecule has 0 aliphatic carbocycles. The number of hydrogen-bond donors (Lipinski definition) is 2. The topological polar surface area (TPSA) is 110 Å². The van der Waals surface area contributed by atoms with Gasteiger partial charge in [-0.25, -0.2) is 15.4 Å². The van der Waals surface area contributed by atoms with Gasteiger partial charge in [0.2, 0.25) is 5.11 Å². The van der Waals surface area contributed by atoms with Crippen molar-refractivity contribution >= 4 is 56.8 Å². The molecule has 0 amide bonds. The van der Waals surface area contributed by atoms with Crippen molar-refractivity contribution in [1.82, 2.24) is 25.0 Å². The van der Waals surface area contributed by atoms with Gasteiger partial charge in [0.05, 0.1) is 22.8 Å². The molecule has 2 N–H and O–H groups in total. The number of aryl methyl sites for hydroxylation is 1. The monoisotopic (exact) mass is 496 g/mol. The van der Waals surface area contributed by atoms with Crippen LogP contribution in [0.3, 0.4) is 0 Å². The standard InChI is InChI=1S/C26H20N6O3S/c1-16-10-12-17(13-11-16)14-27-26(36)30-28-15-22(33)31-24(34)19-7-3-2-6-18(19)23-29-21-9-5-4-8-20(21)25(35)32(23)31/h2-14,28H,15H2,1H3,(H,30,36)/b27-14+. The van der Waals surface area contributed by atoms with Gasteiger partial charge < -0.3 is 0 Å². The number of para-hydroxylation sites is 1. The Morgan fingerprint density at radius 1 is 0.944 bits per heavy atom. The third-order valence-electron chi connectivity index (χ3n) is 5.62. The van der Waals surface area contributed by atoms with Crippen molar-refractivity contribution in [2.24, 2.45) is 4.99 Å². The van der Waals surface area contributed by atoms with Crippen molar-refractivity contribution in [2.75, 3.05) is 6.54 Å². The number of carbonyl (C=O) groups is 1. The molecule has 5 rings (SSSR count). The Morgan fingerprint density at radius 2 is 1.61 bits per heavy atom. The second-order valence-corrected chi connectivity index (χ2v) is 8.47. The van der Waals surface area contributed by atoms with Crippen molar-refractivity contribution in [3.8, 4) is 0 Å². The average molecular weight is 497 g/mol. The lowest BCUT2D eigenvalue weighted by atomic mass is 10.2. The molecule has 3 aromatic carbocycles. The van der Waals surface area contributed by atoms with E-state index in [2.05, 4.69) is 20.8 Å². The van der Waals surface area contributed by atoms with Gasteiger partial charge in [-0.05, 0) is 42.9 Å². The molecule has 0 spiro atoms. The van der Waals surface area contributed by atoms with Gasteiger partial charge in [-0.15, -0.1) is 0 Å². The molecule has 2 aromatic heterocycles. The van der Waals surface area contributed by atoms with Crippen LogP contribution in [0.1, 0.15) is 15.9 Å². The molecule has 0 saturated carbocycles. The first-order valence-electron chi connectivity index (χ1n) is 11.1. The van der Waals surface area contributed by atoms with E-state index in [4.69, 9.17) is 12.2 Å². The summed E-state index contributed by atoms with van der Waals surface area (Å²) >= 11 is 5.17. The molecule has 5 aromatic rings. The van der Waals surface area contributed by atoms with E-state index in [1.807, 2.05) is 31.2 Å². The lowest BCUT2D eigenvalue weighted by molar-refractivity contribution is 0.0882. The Balaban J connectivity index is 1.47. The maximum absolute atomic E-state index is 13.4. The normalized spacial score (nSPS) is 11.5. The van der Waals surface area contributed by atoms with Gasteiger partial charge in [-0.1, -0.05) is 60.2 Å². The van der Waals surface area contributed by atoms with Crippen LogP contribution in [0.5, 0.6) is 0 Å². The fraction of sp³-hybridized carbons (Fsp3) is 0.0769. The van der Waals surface area contributed by atoms with Crippen LogP contribution in [0, 0.1) is 6.92 Å². The van der Waals surface area contributed by atoms with Crippen LogP contribution in [0.4, 0.5) is 0 Å². The van der Waals surface area contributed by atoms with Gasteiger partial charge in [0.15, 0.2) is 5.65 Å². The number of carbonyl (C=O) groups excluding carboxylic acids is 1. The molecule has 0 radical (unpaired) electrons. The van der Waals surface area contributed by atoms with Gasteiger partial charge >= 0.3 is 0 Å². The largest absolute Gasteiger partial charge is 0.296 e. The van der Waals surface area contributed by atoms with Crippen LogP contribution < -0.4 is 22.0 Å². The van der Waals surface area contributed by atoms with Gasteiger partial charge in [0.25, 0.3) is 17.0 Å². The maximum atomic E-state index is 13.4. The predicted octanol–water partition coefficient (Wildman–Crippen LogP) is 2.61. The SMILES string of the molecule is Cc1ccc(/C=N/C(=S)NNCC(=O)n2c(=O)c3ccccc3c3nc4ccccc4c(=O)n32)cc1. The van der Waals surface area contributed by atoms with E-state index in [0.29, 0.717) is 16.3 Å². The van der Waals surface area contributed by atoms with Gasteiger partial charge in [0, 0.05) is 11.6 Å². The number of nitrogens with one attached hydrogen (secondary N) is 2. The van der Waals surface area contributed by atoms with Crippen molar-refractivity contribution in [1.29, 1.82) is 0 Å². The predicted molar refractivity (Wildman–Crippen MR) is 144 cm³/mol. The molecule has 0 bridgehead atoms. The quantitative estimate of drug-likeness (QED) is 0.129. The van der Waals surface area contributed by atoms with Gasteiger partial charge in [-0.2, -0.15) is 9.20 Å². The highest BCUT2D eigenvalue weighted by molar-refractivity contribution is 7.80. The second kappa shape index (κ2) is 9.61. The van der Waals surface area contributed by atoms with E-state index < -0.39 is 17.0 Å². The van der Waals surface area contributed by atoms with Crippen molar-refractivity contribution < 1.29 is 4.79 Å². The molecule has 0 atom stereocenters. The first-order valence-corrected chi connectivity index (χ1v) is 11.5. The molecule has 9 nitrogen and oxygen atoms in total. The lowest BCUT2D eigenvalue weighted by Crippen LogP contribution is -2.45. The minimum atomic E-state index is -0.673. The summed E-state index contributed by atoms with van der Waals surface area (Å²) in [5, 5.41) is 1.15. The van der Waals surface area contributed by atoms with E-state index in [0.717, 1.165) is 20.3 Å². The Labute approximate surface area is 209 Å². The summed E-state index contributed by atoms with van der Waals surface area (Å²) in [6.45, 7) is 1.65. The minimum absolute atomic E-state index is 0.101. The molecular weight excluding hydrogens is 476 g/mol. The number of hydrogen-bond acceptors (Lipinski definition) is 6. The summed E-state index contributed by atoms with van der Waals surface area (Å²) in [6, 6.07) is 21.3. The summed E-state index contributed by atoms with van der Waals surface area (Å²) < 4.78 is 1.84. The number of rotatable bonds is 4. The summed E-state index contributed by atoms with van der Waals surface area (Å²) in [5.74, 6) is -0.673. The molecule has 0 unspecified atom stereocenters. The first-order chi connectivity index (χ1) is 17.4. The van der Waals surface area contributed by atoms with E-state index in [-0.39, 0.29) is 22.7 Å². The molecule has 0 fully saturated rings. The fourth-order valence-corrected chi connectivity index (χ4v) is 3.99. The molecule has 10 heteroatoms. The van der Waals surface area contributed by atoms with Crippen molar-refractivity contribution in [2.45, 2.75) is 6.92 Å². The summed E-state index contributed by atoms with van der Waals surface area (Å²) in [6.07, 6.45) is 1.59. The molecule has 0 aliphatic heterocycles. The molecule has 178 valence electrons. The van der Waals surface area contributed by atoms with Gasteiger partial charge in [0.1, 0.15) is 0 Å². The van der Waals surface area contributed by atoms with E-state index in [9.17, 15) is 14.4 Å². The third-order valence-corrected chi connectivity index (χ3v) is 5.83. The highest BCUT2D eigenvalue weighted by Gasteiger charge is 2.19. The second-order valence-electron chi connectivity index (χ2n) is 8.08. The van der Waals surface area contributed by atoms with Gasteiger partial charge in [-0.3, -0.25) is 19.8 Å². The zero-order valence-corrected chi connectivity index (χ0v) is 20.0. The van der Waals surface area contributed by atoms with Crippen LogP contribution in [-0.4, -0.2) is 38.0 Å². The Morgan fingerprint density at radius 3 is 2.36 bits per heavy atom. The highest BCUT2D eigenvalue weighted by atomic mass is 32.1. The molecule has 0 aliphatic rings. The smallest absolute Gasteiger partial charge is 0.281 e. The maximum Gasteiger partial charge on any atom is 0.281 e. The Bertz CT molecular complexity index is 1810. The van der Waals surface area contributed by atoms with Crippen LogP contribution in [0.25, 0.3) is 27.3 Å². The summed E-state index contributed by atoms with van der Waals surface area (Å²) in [7, 11) is 0. The van der Waals surface area contributed by atoms with E-state index in [1.54, 1.807) is 54.7 Å². The van der Waals surface area contributed by atoms with Crippen molar-refractivity contribution in [3.05, 3.63) is 105 Å². The number of fused-ring (bicyclic) bond motifs is 4. The first kappa shape index (κ1) is 23.2. The number of thiocarbonyl (C=S) groups is 1. The molecule has 36 heavy (non-hydrogen) atoms. The molecule has 0 saturated heterocycles. The summed E-state index contributed by atoms with van der Waals surface area (Å²) in [4.78, 5) is 48.6. The average Bonchev–Trinajstić information content (AvgIpc) is 2.89. The fourth-order valence-electron chi connectivity index (χ4n) is 3.87. The Hall–Kier alpha value is -4.54. The van der Waals surface area contributed by atoms with Crippen LogP contribution in [0.2, 0.25) is 0 Å². The summed E-state index contributed by atoms with van der Waals surface area (Å²) in [5.41, 5.74) is 6.89. The number of benzene rings is 3. The number of aliphatic imine (C=N–C) groups is 1. The van der Waals surface area contributed by atoms with E-state index >= 15 is 0 Å². The number of hydrazine groups is 1. The zero-order valence-electron chi connectivity index (χ0n) is 19.1. The van der Waals surface area contributed by atoms with E-state index in [1.165, 1.54) is 0 Å². The lowest BCUT2D eigenvalue weighted by Gasteiger charge is -2.14. The van der Waals surface area contributed by atoms with Crippen molar-refractivity contribution in [3.63, 3.8) is 0 Å². The third kappa shape index (κ3) is 4.30. The molecular formula is C26H20N6O3S. The number of nitrogens with zero attached hydrogens (tertiary/aromatic N) is 4.